The van der Waals surface area contributed by atoms with Crippen molar-refractivity contribution in [3.8, 4) is 17.1 Å². The van der Waals surface area contributed by atoms with Crippen LogP contribution in [0.5, 0.6) is 0 Å². The SMILES string of the molecule is Cc1cccc(-n2ccc3cc(C(=O)O)ccc32)c1.Cc1cn(-c2ccc(F)cc2)c2ccc(C(=O)O)cc12.O=C(O)c1ccc2c(ccn2-c2ccc(Cl)c(F)c2)c1. The van der Waals surface area contributed by atoms with Gasteiger partial charge in [0.15, 0.2) is 0 Å². The third kappa shape index (κ3) is 8.46. The van der Waals surface area contributed by atoms with Crippen LogP contribution in [0.15, 0.2) is 152 Å². The summed E-state index contributed by atoms with van der Waals surface area (Å²) in [6.45, 7) is 3.98. The highest BCUT2D eigenvalue weighted by Crippen LogP contribution is 2.27. The van der Waals surface area contributed by atoms with E-state index in [0.717, 1.165) is 49.6 Å². The largest absolute Gasteiger partial charge is 0.478 e. The van der Waals surface area contributed by atoms with Gasteiger partial charge in [0.05, 0.1) is 38.3 Å². The molecule has 0 fully saturated rings. The van der Waals surface area contributed by atoms with Crippen LogP contribution in [0, 0.1) is 25.5 Å². The maximum Gasteiger partial charge on any atom is 0.335 e. The second-order valence-corrected chi connectivity index (χ2v) is 14.1. The summed E-state index contributed by atoms with van der Waals surface area (Å²) in [7, 11) is 0. The molecule has 9 aromatic rings. The van der Waals surface area contributed by atoms with Crippen LogP contribution in [0.3, 0.4) is 0 Å². The van der Waals surface area contributed by atoms with Crippen LogP contribution in [-0.4, -0.2) is 46.9 Å². The van der Waals surface area contributed by atoms with Crippen molar-refractivity contribution in [3.63, 3.8) is 0 Å². The van der Waals surface area contributed by atoms with Crippen LogP contribution in [0.2, 0.25) is 5.02 Å². The molecule has 9 nitrogen and oxygen atoms in total. The molecular formula is C47H34ClF2N3O6. The van der Waals surface area contributed by atoms with Crippen molar-refractivity contribution < 1.29 is 38.5 Å². The number of halogens is 3. The second-order valence-electron chi connectivity index (χ2n) is 13.7. The maximum absolute atomic E-state index is 13.5. The molecule has 0 aliphatic heterocycles. The molecule has 0 amide bonds. The molecule has 0 unspecified atom stereocenters. The van der Waals surface area contributed by atoms with E-state index in [2.05, 4.69) is 23.6 Å². The molecule has 3 N–H and O–H groups in total. The van der Waals surface area contributed by atoms with Crippen LogP contribution < -0.4 is 0 Å². The van der Waals surface area contributed by atoms with E-state index in [0.29, 0.717) is 11.3 Å². The van der Waals surface area contributed by atoms with Crippen molar-refractivity contribution in [2.75, 3.05) is 0 Å². The summed E-state index contributed by atoms with van der Waals surface area (Å²) in [6, 6.07) is 37.7. The summed E-state index contributed by atoms with van der Waals surface area (Å²) in [4.78, 5) is 32.9. The summed E-state index contributed by atoms with van der Waals surface area (Å²) < 4.78 is 32.3. The van der Waals surface area contributed by atoms with Crippen molar-refractivity contribution in [2.45, 2.75) is 13.8 Å². The van der Waals surface area contributed by atoms with Gasteiger partial charge in [-0.3, -0.25) is 0 Å². The zero-order valence-electron chi connectivity index (χ0n) is 31.5. The average Bonchev–Trinajstić information content (AvgIpc) is 3.94. The van der Waals surface area contributed by atoms with E-state index in [-0.39, 0.29) is 22.0 Å². The second kappa shape index (κ2) is 16.5. The summed E-state index contributed by atoms with van der Waals surface area (Å²) in [5.41, 5.74) is 8.24. The lowest BCUT2D eigenvalue weighted by atomic mass is 10.1. The minimum atomic E-state index is -0.975. The average molecular weight is 810 g/mol. The number of hydrogen-bond donors (Lipinski definition) is 3. The standard InChI is InChI=1S/C16H12FNO2.C16H13NO2.C15H9ClFNO2/c1-10-9-18(13-5-3-12(17)4-6-13)15-7-2-11(16(19)20)8-14(10)15;1-11-3-2-4-14(9-11)17-8-7-12-10-13(16(18)19)5-6-15(12)17;16-12-3-2-11(8-13(12)17)18-6-5-9-7-10(15(19)20)1-4-14(9)18/h2-9H,1H3,(H,19,20);2-10H,1H3,(H,18,19);1-8H,(H,19,20). The Morgan fingerprint density at radius 2 is 1.03 bits per heavy atom. The molecule has 0 aliphatic rings. The van der Waals surface area contributed by atoms with Crippen molar-refractivity contribution in [3.05, 3.63) is 197 Å². The quantitative estimate of drug-likeness (QED) is 0.153. The van der Waals surface area contributed by atoms with Crippen molar-refractivity contribution >= 4 is 62.2 Å². The molecule has 294 valence electrons. The predicted octanol–water partition coefficient (Wildman–Crippen LogP) is 11.5. The highest BCUT2D eigenvalue weighted by Gasteiger charge is 2.12. The summed E-state index contributed by atoms with van der Waals surface area (Å²) in [6.07, 6.45) is 5.65. The molecule has 0 saturated carbocycles. The lowest BCUT2D eigenvalue weighted by Gasteiger charge is -2.06. The molecule has 6 aromatic carbocycles. The zero-order chi connectivity index (χ0) is 42.0. The van der Waals surface area contributed by atoms with Gasteiger partial charge >= 0.3 is 17.9 Å². The number of aryl methyl sites for hydroxylation is 2. The first-order valence-electron chi connectivity index (χ1n) is 18.1. The van der Waals surface area contributed by atoms with Crippen LogP contribution in [-0.2, 0) is 0 Å². The lowest BCUT2D eigenvalue weighted by molar-refractivity contribution is 0.0686. The van der Waals surface area contributed by atoms with Gasteiger partial charge in [-0.1, -0.05) is 23.7 Å². The number of nitrogens with zero attached hydrogens (tertiary/aromatic N) is 3. The minimum Gasteiger partial charge on any atom is -0.478 e. The number of aromatic carboxylic acids is 3. The highest BCUT2D eigenvalue weighted by atomic mass is 35.5. The molecule has 12 heteroatoms. The normalized spacial score (nSPS) is 10.9. The van der Waals surface area contributed by atoms with Crippen molar-refractivity contribution in [2.24, 2.45) is 0 Å². The van der Waals surface area contributed by atoms with Crippen LogP contribution in [0.1, 0.15) is 42.2 Å². The third-order valence-electron chi connectivity index (χ3n) is 9.69. The zero-order valence-corrected chi connectivity index (χ0v) is 32.2. The van der Waals surface area contributed by atoms with E-state index in [9.17, 15) is 23.2 Å². The Kier molecular flexibility index (Phi) is 11.1. The van der Waals surface area contributed by atoms with E-state index >= 15 is 0 Å². The van der Waals surface area contributed by atoms with Crippen molar-refractivity contribution in [1.29, 1.82) is 0 Å². The first kappa shape index (κ1) is 39.7. The van der Waals surface area contributed by atoms with Gasteiger partial charge in [0.1, 0.15) is 11.6 Å². The summed E-state index contributed by atoms with van der Waals surface area (Å²) in [5.74, 6) is -3.59. The van der Waals surface area contributed by atoms with Crippen LogP contribution in [0.4, 0.5) is 8.78 Å². The first-order valence-corrected chi connectivity index (χ1v) is 18.5. The Bertz CT molecular complexity index is 3060. The Hall–Kier alpha value is -7.50. The van der Waals surface area contributed by atoms with Crippen molar-refractivity contribution in [1.82, 2.24) is 13.7 Å². The van der Waals surface area contributed by atoms with E-state index in [1.54, 1.807) is 77.5 Å². The number of benzene rings is 6. The minimum absolute atomic E-state index is 0.0679. The fraction of sp³-hybridized carbons (Fsp3) is 0.0426. The molecule has 0 saturated heterocycles. The summed E-state index contributed by atoms with van der Waals surface area (Å²) in [5, 5.41) is 29.7. The third-order valence-corrected chi connectivity index (χ3v) is 10.00. The van der Waals surface area contributed by atoms with Gasteiger partial charge in [0, 0.05) is 51.8 Å². The van der Waals surface area contributed by atoms with Gasteiger partial charge in [-0.05, 0) is 146 Å². The maximum atomic E-state index is 13.5. The molecule has 0 radical (unpaired) electrons. The van der Waals surface area contributed by atoms with Crippen LogP contribution in [0.25, 0.3) is 49.8 Å². The van der Waals surface area contributed by atoms with Gasteiger partial charge in [-0.25, -0.2) is 23.2 Å². The highest BCUT2D eigenvalue weighted by molar-refractivity contribution is 6.30. The van der Waals surface area contributed by atoms with Gasteiger partial charge in [-0.2, -0.15) is 0 Å². The lowest BCUT2D eigenvalue weighted by Crippen LogP contribution is -1.96. The molecule has 0 atom stereocenters. The molecule has 3 aromatic heterocycles. The Morgan fingerprint density at radius 1 is 0.525 bits per heavy atom. The molecular weight excluding hydrogens is 776 g/mol. The molecule has 9 rings (SSSR count). The smallest absolute Gasteiger partial charge is 0.335 e. The van der Waals surface area contributed by atoms with E-state index < -0.39 is 23.7 Å². The Balaban J connectivity index is 0.000000134. The fourth-order valence-corrected chi connectivity index (χ4v) is 6.87. The number of hydrogen-bond acceptors (Lipinski definition) is 3. The van der Waals surface area contributed by atoms with Gasteiger partial charge in [0.25, 0.3) is 0 Å². The molecule has 0 bridgehead atoms. The number of carboxylic acid groups (broad SMARTS) is 3. The number of rotatable bonds is 6. The Morgan fingerprint density at radius 3 is 1.56 bits per heavy atom. The number of aromatic nitrogens is 3. The van der Waals surface area contributed by atoms with Gasteiger partial charge in [-0.15, -0.1) is 0 Å². The molecule has 0 aliphatic carbocycles. The number of fused-ring (bicyclic) bond motifs is 3. The van der Waals surface area contributed by atoms with E-state index in [4.69, 9.17) is 26.9 Å². The number of carbonyl (C=O) groups is 3. The van der Waals surface area contributed by atoms with Crippen LogP contribution >= 0.6 is 11.6 Å². The number of carboxylic acids is 3. The van der Waals surface area contributed by atoms with Gasteiger partial charge < -0.3 is 29.0 Å². The topological polar surface area (TPSA) is 127 Å². The summed E-state index contributed by atoms with van der Waals surface area (Å²) >= 11 is 5.67. The fourth-order valence-electron chi connectivity index (χ4n) is 6.76. The predicted molar refractivity (Wildman–Crippen MR) is 225 cm³/mol. The monoisotopic (exact) mass is 809 g/mol. The van der Waals surface area contributed by atoms with E-state index in [1.807, 2.05) is 48.1 Å². The van der Waals surface area contributed by atoms with Gasteiger partial charge in [0.2, 0.25) is 0 Å². The molecule has 3 heterocycles. The Labute approximate surface area is 340 Å². The molecule has 59 heavy (non-hydrogen) atoms. The molecule has 0 spiro atoms. The first-order chi connectivity index (χ1) is 28.3. The van der Waals surface area contributed by atoms with E-state index in [1.165, 1.54) is 35.9 Å².